The van der Waals surface area contributed by atoms with Gasteiger partial charge in [0, 0.05) is 18.4 Å². The average Bonchev–Trinajstić information content (AvgIpc) is 2.68. The molecule has 0 radical (unpaired) electrons. The van der Waals surface area contributed by atoms with Crippen LogP contribution in [0, 0.1) is 11.3 Å². The zero-order valence-electron chi connectivity index (χ0n) is 14.4. The van der Waals surface area contributed by atoms with Crippen molar-refractivity contribution in [2.75, 3.05) is 24.7 Å². The lowest BCUT2D eigenvalue weighted by molar-refractivity contribution is -0.121. The van der Waals surface area contributed by atoms with Gasteiger partial charge in [-0.15, -0.1) is 0 Å². The summed E-state index contributed by atoms with van der Waals surface area (Å²) in [6, 6.07) is 14.0. The van der Waals surface area contributed by atoms with Crippen molar-refractivity contribution in [2.45, 2.75) is 13.3 Å². The van der Waals surface area contributed by atoms with E-state index in [0.29, 0.717) is 12.3 Å². The van der Waals surface area contributed by atoms with E-state index in [1.165, 1.54) is 17.2 Å². The highest BCUT2D eigenvalue weighted by molar-refractivity contribution is 5.97. The largest absolute Gasteiger partial charge is 0.477 e. The number of esters is 1. The summed E-state index contributed by atoms with van der Waals surface area (Å²) in [5.74, 6) is -0.943. The zero-order valence-corrected chi connectivity index (χ0v) is 14.4. The van der Waals surface area contributed by atoms with Crippen molar-refractivity contribution >= 4 is 17.6 Å². The van der Waals surface area contributed by atoms with Crippen molar-refractivity contribution in [3.63, 3.8) is 0 Å². The fourth-order valence-corrected chi connectivity index (χ4v) is 2.25. The van der Waals surface area contributed by atoms with E-state index in [9.17, 15) is 9.59 Å². The van der Waals surface area contributed by atoms with Crippen LogP contribution in [0.4, 0.5) is 5.69 Å². The van der Waals surface area contributed by atoms with E-state index < -0.39 is 18.5 Å². The minimum absolute atomic E-state index is 0.158. The molecule has 1 aromatic heterocycles. The Morgan fingerprint density at radius 2 is 1.96 bits per heavy atom. The van der Waals surface area contributed by atoms with Gasteiger partial charge in [0.1, 0.15) is 5.56 Å². The predicted octanol–water partition coefficient (Wildman–Crippen LogP) is 2.58. The smallest absolute Gasteiger partial charge is 0.344 e. The van der Waals surface area contributed by atoms with Crippen LogP contribution in [0.2, 0.25) is 0 Å². The van der Waals surface area contributed by atoms with Crippen molar-refractivity contribution in [1.29, 1.82) is 5.26 Å². The number of hydrogen-bond acceptors (Lipinski definition) is 6. The first-order valence-electron chi connectivity index (χ1n) is 8.14. The quantitative estimate of drug-likeness (QED) is 0.677. The van der Waals surface area contributed by atoms with Gasteiger partial charge in [-0.25, -0.2) is 9.78 Å². The molecule has 0 spiro atoms. The average molecular weight is 353 g/mol. The van der Waals surface area contributed by atoms with E-state index >= 15 is 0 Å². The maximum Gasteiger partial charge on any atom is 0.344 e. The minimum Gasteiger partial charge on any atom is -0.477 e. The minimum atomic E-state index is -0.691. The molecule has 7 heteroatoms. The van der Waals surface area contributed by atoms with E-state index in [4.69, 9.17) is 14.7 Å². The molecule has 0 aliphatic heterocycles. The van der Waals surface area contributed by atoms with E-state index in [-0.39, 0.29) is 24.4 Å². The number of para-hydroxylation sites is 1. The molecular formula is C19H19N3O4. The molecule has 1 amide bonds. The lowest BCUT2D eigenvalue weighted by Gasteiger charge is -2.21. The Labute approximate surface area is 151 Å². The van der Waals surface area contributed by atoms with Gasteiger partial charge in [-0.05, 0) is 31.2 Å². The second-order valence-corrected chi connectivity index (χ2v) is 5.15. The number of nitriles is 1. The number of ether oxygens (including phenoxy) is 2. The topological polar surface area (TPSA) is 92.5 Å². The summed E-state index contributed by atoms with van der Waals surface area (Å²) in [5.41, 5.74) is 0.797. The second kappa shape index (κ2) is 9.79. The number of carbonyl (C=O) groups is 2. The standard InChI is InChI=1S/C19H19N3O4/c1-2-25-18-16(10-6-12-21-18)19(24)26-14-17(23)22(13-7-11-20)15-8-4-3-5-9-15/h3-6,8-10,12H,2,7,13-14H2,1H3. The number of amides is 1. The molecule has 0 fully saturated rings. The van der Waals surface area contributed by atoms with Crippen molar-refractivity contribution < 1.29 is 19.1 Å². The van der Waals surface area contributed by atoms with Crippen LogP contribution in [0.3, 0.4) is 0 Å². The van der Waals surface area contributed by atoms with Gasteiger partial charge >= 0.3 is 5.97 Å². The molecule has 0 aliphatic rings. The lowest BCUT2D eigenvalue weighted by atomic mass is 10.2. The normalized spacial score (nSPS) is 9.85. The molecule has 0 aliphatic carbocycles. The van der Waals surface area contributed by atoms with Gasteiger partial charge < -0.3 is 14.4 Å². The molecule has 1 aromatic carbocycles. The van der Waals surface area contributed by atoms with Crippen LogP contribution < -0.4 is 9.64 Å². The Bertz CT molecular complexity index is 787. The number of anilines is 1. The van der Waals surface area contributed by atoms with E-state index in [0.717, 1.165) is 0 Å². The van der Waals surface area contributed by atoms with Gasteiger partial charge in [0.2, 0.25) is 5.88 Å². The highest BCUT2D eigenvalue weighted by Crippen LogP contribution is 2.17. The lowest BCUT2D eigenvalue weighted by Crippen LogP contribution is -2.35. The zero-order chi connectivity index (χ0) is 18.8. The molecular weight excluding hydrogens is 334 g/mol. The van der Waals surface area contributed by atoms with Gasteiger partial charge in [0.25, 0.3) is 5.91 Å². The van der Waals surface area contributed by atoms with Gasteiger partial charge in [0.05, 0.1) is 19.1 Å². The van der Waals surface area contributed by atoms with Gasteiger partial charge in [-0.2, -0.15) is 5.26 Å². The molecule has 0 bridgehead atoms. The monoisotopic (exact) mass is 353 g/mol. The maximum absolute atomic E-state index is 12.5. The Hall–Kier alpha value is -3.40. The maximum atomic E-state index is 12.5. The molecule has 7 nitrogen and oxygen atoms in total. The Kier molecular flexibility index (Phi) is 7.13. The Balaban J connectivity index is 2.05. The number of nitrogens with zero attached hydrogens (tertiary/aromatic N) is 3. The number of carbonyl (C=O) groups excluding carboxylic acids is 2. The summed E-state index contributed by atoms with van der Waals surface area (Å²) in [6.45, 7) is 1.90. The van der Waals surface area contributed by atoms with Crippen LogP contribution in [0.25, 0.3) is 0 Å². The first kappa shape index (κ1) is 18.9. The van der Waals surface area contributed by atoms with Crippen molar-refractivity contribution in [2.24, 2.45) is 0 Å². The number of benzene rings is 1. The van der Waals surface area contributed by atoms with E-state index in [1.807, 2.05) is 12.1 Å². The fourth-order valence-electron chi connectivity index (χ4n) is 2.25. The van der Waals surface area contributed by atoms with Crippen LogP contribution >= 0.6 is 0 Å². The summed E-state index contributed by atoms with van der Waals surface area (Å²) in [7, 11) is 0. The summed E-state index contributed by atoms with van der Waals surface area (Å²) in [6.07, 6.45) is 1.68. The molecule has 2 rings (SSSR count). The third-order valence-corrected chi connectivity index (χ3v) is 3.41. The molecule has 26 heavy (non-hydrogen) atoms. The molecule has 0 unspecified atom stereocenters. The predicted molar refractivity (Wildman–Crippen MR) is 94.7 cm³/mol. The van der Waals surface area contributed by atoms with Gasteiger partial charge in [-0.3, -0.25) is 4.79 Å². The third kappa shape index (κ3) is 5.05. The summed E-state index contributed by atoms with van der Waals surface area (Å²) in [4.78, 5) is 30.1. The van der Waals surface area contributed by atoms with Crippen molar-refractivity contribution in [3.05, 3.63) is 54.2 Å². The number of aromatic nitrogens is 1. The Morgan fingerprint density at radius 3 is 2.65 bits per heavy atom. The molecule has 1 heterocycles. The fraction of sp³-hybridized carbons (Fsp3) is 0.263. The molecule has 0 saturated carbocycles. The number of rotatable bonds is 8. The highest BCUT2D eigenvalue weighted by atomic mass is 16.5. The third-order valence-electron chi connectivity index (χ3n) is 3.41. The molecule has 0 N–H and O–H groups in total. The van der Waals surface area contributed by atoms with Crippen LogP contribution in [-0.2, 0) is 9.53 Å². The first-order chi connectivity index (χ1) is 12.7. The molecule has 0 saturated heterocycles. The molecule has 2 aromatic rings. The highest BCUT2D eigenvalue weighted by Gasteiger charge is 2.20. The Morgan fingerprint density at radius 1 is 1.19 bits per heavy atom. The summed E-state index contributed by atoms with van der Waals surface area (Å²) < 4.78 is 10.4. The van der Waals surface area contributed by atoms with Crippen LogP contribution in [0.15, 0.2) is 48.7 Å². The number of pyridine rings is 1. The summed E-state index contributed by atoms with van der Waals surface area (Å²) in [5, 5.41) is 8.80. The SMILES string of the molecule is CCOc1ncccc1C(=O)OCC(=O)N(CCC#N)c1ccccc1. The van der Waals surface area contributed by atoms with Crippen molar-refractivity contribution in [3.8, 4) is 11.9 Å². The van der Waals surface area contributed by atoms with Crippen LogP contribution in [0.1, 0.15) is 23.7 Å². The van der Waals surface area contributed by atoms with E-state index in [1.54, 1.807) is 37.3 Å². The molecule has 134 valence electrons. The number of hydrogen-bond donors (Lipinski definition) is 0. The van der Waals surface area contributed by atoms with Crippen LogP contribution in [0.5, 0.6) is 5.88 Å². The van der Waals surface area contributed by atoms with Crippen molar-refractivity contribution in [1.82, 2.24) is 4.98 Å². The molecule has 0 atom stereocenters. The first-order valence-corrected chi connectivity index (χ1v) is 8.14. The van der Waals surface area contributed by atoms with Crippen LogP contribution in [-0.4, -0.2) is 36.6 Å². The van der Waals surface area contributed by atoms with Gasteiger partial charge in [-0.1, -0.05) is 18.2 Å². The van der Waals surface area contributed by atoms with Gasteiger partial charge in [0.15, 0.2) is 6.61 Å². The summed E-state index contributed by atoms with van der Waals surface area (Å²) >= 11 is 0. The van der Waals surface area contributed by atoms with E-state index in [2.05, 4.69) is 4.98 Å². The second-order valence-electron chi connectivity index (χ2n) is 5.15.